The molecule has 5 nitrogen and oxygen atoms in total. The second-order valence-electron chi connectivity index (χ2n) is 6.00. The fraction of sp³-hybridized carbons (Fsp3) is 0.562. The highest BCUT2D eigenvalue weighted by Gasteiger charge is 2.17. The van der Waals surface area contributed by atoms with E-state index in [-0.39, 0.29) is 5.91 Å². The molecule has 0 bridgehead atoms. The van der Waals surface area contributed by atoms with Crippen molar-refractivity contribution in [2.24, 2.45) is 5.92 Å². The minimum absolute atomic E-state index is 0.0800. The summed E-state index contributed by atoms with van der Waals surface area (Å²) >= 11 is 0. The topological polar surface area (TPSA) is 61.6 Å². The molecule has 1 rings (SSSR count). The van der Waals surface area contributed by atoms with Crippen LogP contribution in [-0.2, 0) is 0 Å². The minimum atomic E-state index is -0.0800. The van der Waals surface area contributed by atoms with Crippen LogP contribution in [0.5, 0.6) is 0 Å². The van der Waals surface area contributed by atoms with Crippen LogP contribution in [0, 0.1) is 5.92 Å². The molecule has 0 unspecified atom stereocenters. The summed E-state index contributed by atoms with van der Waals surface area (Å²) in [5, 5.41) is 2.70. The van der Waals surface area contributed by atoms with Crippen molar-refractivity contribution in [3.63, 3.8) is 0 Å². The normalized spacial score (nSPS) is 11.0. The molecule has 1 aromatic carbocycles. The standard InChI is InChI=1S/C16H28N4O/c1-12(2)11-20(9-8-19(4)5)15-10-13(17)6-7-14(15)16(21)18-3/h6-7,10,12H,8-9,11,17H2,1-5H3,(H,18,21). The fourth-order valence-electron chi connectivity index (χ4n) is 2.21. The maximum Gasteiger partial charge on any atom is 0.253 e. The van der Waals surface area contributed by atoms with Crippen molar-refractivity contribution in [2.45, 2.75) is 13.8 Å². The lowest BCUT2D eigenvalue weighted by Crippen LogP contribution is -2.36. The van der Waals surface area contributed by atoms with Gasteiger partial charge in [-0.2, -0.15) is 0 Å². The van der Waals surface area contributed by atoms with Gasteiger partial charge in [0.1, 0.15) is 0 Å². The van der Waals surface area contributed by atoms with Crippen LogP contribution in [0.1, 0.15) is 24.2 Å². The van der Waals surface area contributed by atoms with Crippen LogP contribution in [-0.4, -0.2) is 51.6 Å². The molecule has 5 heteroatoms. The lowest BCUT2D eigenvalue weighted by molar-refractivity contribution is 0.0963. The van der Waals surface area contributed by atoms with Crippen molar-refractivity contribution >= 4 is 17.3 Å². The van der Waals surface area contributed by atoms with E-state index < -0.39 is 0 Å². The molecule has 118 valence electrons. The third-order valence-corrected chi connectivity index (χ3v) is 3.24. The van der Waals surface area contributed by atoms with Gasteiger partial charge in [0.15, 0.2) is 0 Å². The molecule has 3 N–H and O–H groups in total. The van der Waals surface area contributed by atoms with E-state index in [2.05, 4.69) is 29.0 Å². The van der Waals surface area contributed by atoms with Crippen LogP contribution < -0.4 is 16.0 Å². The number of nitrogen functional groups attached to an aromatic ring is 1. The summed E-state index contributed by atoms with van der Waals surface area (Å²) in [4.78, 5) is 16.5. The quantitative estimate of drug-likeness (QED) is 0.750. The van der Waals surface area contributed by atoms with Crippen molar-refractivity contribution in [2.75, 3.05) is 51.4 Å². The summed E-state index contributed by atoms with van der Waals surface area (Å²) in [7, 11) is 5.74. The number of amides is 1. The van der Waals surface area contributed by atoms with Gasteiger partial charge in [0.2, 0.25) is 0 Å². The predicted molar refractivity (Wildman–Crippen MR) is 89.8 cm³/mol. The maximum absolute atomic E-state index is 12.1. The number of anilines is 2. The molecule has 1 aromatic rings. The molecule has 0 saturated heterocycles. The first kappa shape index (κ1) is 17.3. The monoisotopic (exact) mass is 292 g/mol. The number of nitrogens with two attached hydrogens (primary N) is 1. The van der Waals surface area contributed by atoms with Crippen LogP contribution >= 0.6 is 0 Å². The lowest BCUT2D eigenvalue weighted by atomic mass is 10.1. The largest absolute Gasteiger partial charge is 0.399 e. The molecule has 0 aliphatic rings. The van der Waals surface area contributed by atoms with E-state index in [1.807, 2.05) is 20.2 Å². The summed E-state index contributed by atoms with van der Waals surface area (Å²) in [5.74, 6) is 0.426. The van der Waals surface area contributed by atoms with Gasteiger partial charge in [-0.05, 0) is 38.2 Å². The number of carbonyl (C=O) groups is 1. The van der Waals surface area contributed by atoms with Gasteiger partial charge in [-0.15, -0.1) is 0 Å². The van der Waals surface area contributed by atoms with E-state index in [9.17, 15) is 4.79 Å². The summed E-state index contributed by atoms with van der Waals surface area (Å²) in [6.45, 7) is 7.03. The van der Waals surface area contributed by atoms with Crippen molar-refractivity contribution < 1.29 is 4.79 Å². The van der Waals surface area contributed by atoms with Crippen LogP contribution in [0.25, 0.3) is 0 Å². The first-order chi connectivity index (χ1) is 9.85. The van der Waals surface area contributed by atoms with E-state index >= 15 is 0 Å². The molecule has 0 heterocycles. The average Bonchev–Trinajstić information content (AvgIpc) is 2.42. The fourth-order valence-corrected chi connectivity index (χ4v) is 2.21. The van der Waals surface area contributed by atoms with Crippen molar-refractivity contribution in [1.29, 1.82) is 0 Å². The van der Waals surface area contributed by atoms with Gasteiger partial charge in [0, 0.05) is 32.4 Å². The zero-order valence-electron chi connectivity index (χ0n) is 13.8. The van der Waals surface area contributed by atoms with Gasteiger partial charge >= 0.3 is 0 Å². The van der Waals surface area contributed by atoms with Crippen LogP contribution in [0.2, 0.25) is 0 Å². The number of nitrogens with one attached hydrogen (secondary N) is 1. The molecule has 0 atom stereocenters. The Hall–Kier alpha value is -1.75. The van der Waals surface area contributed by atoms with E-state index in [0.29, 0.717) is 17.2 Å². The van der Waals surface area contributed by atoms with Crippen molar-refractivity contribution in [3.05, 3.63) is 23.8 Å². The maximum atomic E-state index is 12.1. The number of nitrogens with zero attached hydrogens (tertiary/aromatic N) is 2. The third-order valence-electron chi connectivity index (χ3n) is 3.24. The van der Waals surface area contributed by atoms with Gasteiger partial charge < -0.3 is 20.9 Å². The van der Waals surface area contributed by atoms with Crippen molar-refractivity contribution in [1.82, 2.24) is 10.2 Å². The number of rotatable bonds is 7. The summed E-state index contributed by atoms with van der Waals surface area (Å²) in [6.07, 6.45) is 0. The zero-order valence-corrected chi connectivity index (χ0v) is 13.8. The van der Waals surface area contributed by atoms with Crippen LogP contribution in [0.3, 0.4) is 0 Å². The Morgan fingerprint density at radius 1 is 1.29 bits per heavy atom. The van der Waals surface area contributed by atoms with Gasteiger partial charge in [-0.1, -0.05) is 13.8 Å². The number of benzene rings is 1. The molecule has 21 heavy (non-hydrogen) atoms. The predicted octanol–water partition coefficient (Wildman–Crippen LogP) is 1.65. The van der Waals surface area contributed by atoms with Gasteiger partial charge in [-0.25, -0.2) is 0 Å². The Balaban J connectivity index is 3.14. The molecule has 0 aliphatic carbocycles. The average molecular weight is 292 g/mol. The van der Waals surface area contributed by atoms with Crippen molar-refractivity contribution in [3.8, 4) is 0 Å². The molecule has 0 spiro atoms. The van der Waals surface area contributed by atoms with E-state index in [0.717, 1.165) is 25.3 Å². The Morgan fingerprint density at radius 2 is 1.95 bits per heavy atom. The highest BCUT2D eigenvalue weighted by atomic mass is 16.1. The number of hydrogen-bond acceptors (Lipinski definition) is 4. The summed E-state index contributed by atoms with van der Waals surface area (Å²) < 4.78 is 0. The molecular formula is C16H28N4O. The highest BCUT2D eigenvalue weighted by molar-refractivity contribution is 6.00. The molecule has 0 fully saturated rings. The van der Waals surface area contributed by atoms with Crippen LogP contribution in [0.4, 0.5) is 11.4 Å². The number of likely N-dealkylation sites (N-methyl/N-ethyl adjacent to an activating group) is 1. The molecule has 0 aliphatic heterocycles. The molecule has 0 saturated carbocycles. The Bertz CT molecular complexity index is 471. The zero-order chi connectivity index (χ0) is 16.0. The molecule has 0 radical (unpaired) electrons. The van der Waals surface area contributed by atoms with E-state index in [1.54, 1.807) is 19.2 Å². The van der Waals surface area contributed by atoms with Gasteiger partial charge in [-0.3, -0.25) is 4.79 Å². The number of hydrogen-bond donors (Lipinski definition) is 2. The smallest absolute Gasteiger partial charge is 0.253 e. The third kappa shape index (κ3) is 5.27. The minimum Gasteiger partial charge on any atom is -0.399 e. The van der Waals surface area contributed by atoms with E-state index in [1.165, 1.54) is 0 Å². The Morgan fingerprint density at radius 3 is 2.48 bits per heavy atom. The molecule has 0 aromatic heterocycles. The molecule has 1 amide bonds. The second-order valence-corrected chi connectivity index (χ2v) is 6.00. The summed E-state index contributed by atoms with van der Waals surface area (Å²) in [5.41, 5.74) is 8.18. The Labute approximate surface area is 128 Å². The highest BCUT2D eigenvalue weighted by Crippen LogP contribution is 2.24. The first-order valence-corrected chi connectivity index (χ1v) is 7.36. The van der Waals surface area contributed by atoms with Gasteiger partial charge in [0.25, 0.3) is 5.91 Å². The lowest BCUT2D eigenvalue weighted by Gasteiger charge is -2.30. The summed E-state index contributed by atoms with van der Waals surface area (Å²) in [6, 6.07) is 5.46. The number of carbonyl (C=O) groups excluding carboxylic acids is 1. The van der Waals surface area contributed by atoms with Crippen LogP contribution in [0.15, 0.2) is 18.2 Å². The first-order valence-electron chi connectivity index (χ1n) is 7.36. The Kier molecular flexibility index (Phi) is 6.49. The van der Waals surface area contributed by atoms with Gasteiger partial charge in [0.05, 0.1) is 11.3 Å². The second kappa shape index (κ2) is 7.88. The van der Waals surface area contributed by atoms with E-state index in [4.69, 9.17) is 5.73 Å². The molecular weight excluding hydrogens is 264 g/mol. The SMILES string of the molecule is CNC(=O)c1ccc(N)cc1N(CCN(C)C)CC(C)C.